The molecular weight excluding hydrogens is 204 g/mol. The number of thioether (sulfide) groups is 1. The molecule has 0 aliphatic carbocycles. The van der Waals surface area contributed by atoms with Crippen LogP contribution in [0.4, 0.5) is 0 Å². The first-order valence-electron chi connectivity index (χ1n) is 4.70. The molecule has 0 aromatic carbocycles. The van der Waals surface area contributed by atoms with E-state index in [2.05, 4.69) is 37.0 Å². The fourth-order valence-electron chi connectivity index (χ4n) is 1.64. The molecule has 1 aliphatic heterocycles. The Labute approximate surface area is 91.1 Å². The largest absolute Gasteiger partial charge is 0.179 e. The fourth-order valence-corrected chi connectivity index (χ4v) is 3.96. The van der Waals surface area contributed by atoms with Crippen LogP contribution in [-0.4, -0.2) is 22.5 Å². The summed E-state index contributed by atoms with van der Waals surface area (Å²) in [5.74, 6) is 4.42. The molecule has 1 rings (SSSR count). The third kappa shape index (κ3) is 3.84. The summed E-state index contributed by atoms with van der Waals surface area (Å²) in [6, 6.07) is 0. The Morgan fingerprint density at radius 1 is 1.08 bits per heavy atom. The van der Waals surface area contributed by atoms with E-state index < -0.39 is 0 Å². The van der Waals surface area contributed by atoms with Crippen LogP contribution in [0, 0.1) is 5.92 Å². The van der Waals surface area contributed by atoms with Crippen molar-refractivity contribution in [3.8, 4) is 0 Å². The van der Waals surface area contributed by atoms with Crippen molar-refractivity contribution < 1.29 is 0 Å². The van der Waals surface area contributed by atoms with Crippen molar-refractivity contribution in [1.29, 1.82) is 0 Å². The van der Waals surface area contributed by atoms with Crippen molar-refractivity contribution >= 4 is 37.0 Å². The van der Waals surface area contributed by atoms with E-state index in [-0.39, 0.29) is 0 Å². The Morgan fingerprint density at radius 3 is 2.33 bits per heavy atom. The zero-order chi connectivity index (χ0) is 8.81. The van der Waals surface area contributed by atoms with E-state index >= 15 is 0 Å². The van der Waals surface area contributed by atoms with Gasteiger partial charge in [-0.3, -0.25) is 0 Å². The lowest BCUT2D eigenvalue weighted by molar-refractivity contribution is 0.480. The molecule has 0 aromatic rings. The summed E-state index contributed by atoms with van der Waals surface area (Å²) in [7, 11) is 0. The second-order valence-corrected chi connectivity index (χ2v) is 5.65. The summed E-state index contributed by atoms with van der Waals surface area (Å²) in [5, 5.41) is 0.902. The van der Waals surface area contributed by atoms with Crippen LogP contribution in [0.3, 0.4) is 0 Å². The van der Waals surface area contributed by atoms with Crippen molar-refractivity contribution in [3.63, 3.8) is 0 Å². The first kappa shape index (κ1) is 11.1. The van der Waals surface area contributed by atoms with Crippen LogP contribution < -0.4 is 0 Å². The van der Waals surface area contributed by atoms with E-state index in [0.29, 0.717) is 0 Å². The SMILES string of the molecule is SCCC1CCC(CCS)SC1. The first-order chi connectivity index (χ1) is 5.86. The third-order valence-corrected chi connectivity index (χ3v) is 4.58. The quantitative estimate of drug-likeness (QED) is 0.689. The average Bonchev–Trinajstić information content (AvgIpc) is 2.09. The Hall–Kier alpha value is 1.05. The Bertz CT molecular complexity index is 94.3. The maximum atomic E-state index is 4.27. The van der Waals surface area contributed by atoms with Gasteiger partial charge in [-0.25, -0.2) is 0 Å². The standard InChI is InChI=1S/C9H18S3/c10-5-3-8-1-2-9(4-6-11)12-7-8/h8-11H,1-7H2. The van der Waals surface area contributed by atoms with Crippen LogP contribution in [-0.2, 0) is 0 Å². The van der Waals surface area contributed by atoms with Crippen molar-refractivity contribution in [1.82, 2.24) is 0 Å². The fraction of sp³-hybridized carbons (Fsp3) is 1.00. The highest BCUT2D eigenvalue weighted by Gasteiger charge is 2.20. The third-order valence-electron chi connectivity index (χ3n) is 2.45. The van der Waals surface area contributed by atoms with Crippen molar-refractivity contribution in [2.45, 2.75) is 30.9 Å². The molecule has 2 unspecified atom stereocenters. The molecule has 0 spiro atoms. The van der Waals surface area contributed by atoms with Gasteiger partial charge in [0.1, 0.15) is 0 Å². The number of hydrogen-bond donors (Lipinski definition) is 2. The van der Waals surface area contributed by atoms with Gasteiger partial charge in [0, 0.05) is 5.25 Å². The summed E-state index contributed by atoms with van der Waals surface area (Å²) in [6.45, 7) is 0. The van der Waals surface area contributed by atoms with E-state index in [9.17, 15) is 0 Å². The molecule has 0 amide bonds. The molecule has 72 valence electrons. The predicted octanol–water partition coefficient (Wildman–Crippen LogP) is 3.14. The monoisotopic (exact) mass is 222 g/mol. The van der Waals surface area contributed by atoms with Gasteiger partial charge in [0.05, 0.1) is 0 Å². The van der Waals surface area contributed by atoms with Gasteiger partial charge in [-0.2, -0.15) is 37.0 Å². The number of thiol groups is 2. The molecule has 0 bridgehead atoms. The smallest absolute Gasteiger partial charge is 0.00550 e. The maximum absolute atomic E-state index is 4.27. The van der Waals surface area contributed by atoms with Crippen molar-refractivity contribution in [2.75, 3.05) is 17.3 Å². The molecule has 1 aliphatic rings. The van der Waals surface area contributed by atoms with Gasteiger partial charge < -0.3 is 0 Å². The highest BCUT2D eigenvalue weighted by molar-refractivity contribution is 8.00. The maximum Gasteiger partial charge on any atom is 0.00550 e. The summed E-state index contributed by atoms with van der Waals surface area (Å²) >= 11 is 10.7. The van der Waals surface area contributed by atoms with E-state index in [0.717, 1.165) is 22.7 Å². The van der Waals surface area contributed by atoms with Crippen LogP contribution in [0.15, 0.2) is 0 Å². The lowest BCUT2D eigenvalue weighted by atomic mass is 10.00. The molecule has 0 nitrogen and oxygen atoms in total. The van der Waals surface area contributed by atoms with Crippen LogP contribution in [0.5, 0.6) is 0 Å². The molecule has 1 heterocycles. The molecule has 1 fully saturated rings. The van der Waals surface area contributed by atoms with Crippen LogP contribution in [0.2, 0.25) is 0 Å². The molecule has 0 N–H and O–H groups in total. The zero-order valence-electron chi connectivity index (χ0n) is 7.41. The highest BCUT2D eigenvalue weighted by Crippen LogP contribution is 2.32. The Morgan fingerprint density at radius 2 is 1.83 bits per heavy atom. The van der Waals surface area contributed by atoms with Gasteiger partial charge in [0.2, 0.25) is 0 Å². The van der Waals surface area contributed by atoms with Gasteiger partial charge in [-0.05, 0) is 48.9 Å². The van der Waals surface area contributed by atoms with E-state index in [1.807, 2.05) is 0 Å². The van der Waals surface area contributed by atoms with E-state index in [1.54, 1.807) is 0 Å². The second kappa shape index (κ2) is 6.50. The minimum absolute atomic E-state index is 0.902. The molecule has 3 heteroatoms. The Kier molecular flexibility index (Phi) is 6.02. The molecule has 0 radical (unpaired) electrons. The van der Waals surface area contributed by atoms with E-state index in [4.69, 9.17) is 0 Å². The number of rotatable bonds is 4. The van der Waals surface area contributed by atoms with Crippen LogP contribution in [0.25, 0.3) is 0 Å². The van der Waals surface area contributed by atoms with Gasteiger partial charge in [0.25, 0.3) is 0 Å². The predicted molar refractivity (Wildman–Crippen MR) is 65.9 cm³/mol. The topological polar surface area (TPSA) is 0 Å². The van der Waals surface area contributed by atoms with Gasteiger partial charge >= 0.3 is 0 Å². The summed E-state index contributed by atoms with van der Waals surface area (Å²) < 4.78 is 0. The lowest BCUT2D eigenvalue weighted by Crippen LogP contribution is -2.18. The Balaban J connectivity index is 2.11. The highest BCUT2D eigenvalue weighted by atomic mass is 32.2. The second-order valence-electron chi connectivity index (χ2n) is 3.42. The van der Waals surface area contributed by atoms with Gasteiger partial charge in [-0.1, -0.05) is 0 Å². The van der Waals surface area contributed by atoms with Crippen molar-refractivity contribution in [3.05, 3.63) is 0 Å². The number of hydrogen-bond acceptors (Lipinski definition) is 3. The van der Waals surface area contributed by atoms with Crippen LogP contribution >= 0.6 is 37.0 Å². The minimum Gasteiger partial charge on any atom is -0.179 e. The molecule has 0 saturated carbocycles. The lowest BCUT2D eigenvalue weighted by Gasteiger charge is -2.27. The zero-order valence-corrected chi connectivity index (χ0v) is 10.0. The normalized spacial score (nSPS) is 30.5. The average molecular weight is 222 g/mol. The summed E-state index contributed by atoms with van der Waals surface area (Å²) in [4.78, 5) is 0. The molecule has 12 heavy (non-hydrogen) atoms. The molecular formula is C9H18S3. The van der Waals surface area contributed by atoms with E-state index in [1.165, 1.54) is 31.4 Å². The summed E-state index contributed by atoms with van der Waals surface area (Å²) in [5.41, 5.74) is 0. The summed E-state index contributed by atoms with van der Waals surface area (Å²) in [6.07, 6.45) is 5.43. The first-order valence-corrected chi connectivity index (χ1v) is 7.01. The van der Waals surface area contributed by atoms with Crippen LogP contribution in [0.1, 0.15) is 25.7 Å². The molecule has 0 aromatic heterocycles. The molecule has 2 atom stereocenters. The van der Waals surface area contributed by atoms with Crippen molar-refractivity contribution in [2.24, 2.45) is 5.92 Å². The molecule has 1 saturated heterocycles. The van der Waals surface area contributed by atoms with Gasteiger partial charge in [-0.15, -0.1) is 0 Å². The minimum atomic E-state index is 0.902. The van der Waals surface area contributed by atoms with Gasteiger partial charge in [0.15, 0.2) is 0 Å².